The Kier molecular flexibility index (Phi) is 3.20. The molecule has 0 N–H and O–H groups in total. The molecule has 2 rings (SSSR count). The Morgan fingerprint density at radius 1 is 0.765 bits per heavy atom. The van der Waals surface area contributed by atoms with E-state index in [9.17, 15) is 8.78 Å². The molecule has 0 unspecified atom stereocenters. The van der Waals surface area contributed by atoms with Crippen LogP contribution in [-0.4, -0.2) is 0 Å². The second-order valence-electron chi connectivity index (χ2n) is 3.77. The number of halogens is 2. The summed E-state index contributed by atoms with van der Waals surface area (Å²) in [5.41, 5.74) is 2.30. The Morgan fingerprint density at radius 3 is 1.88 bits per heavy atom. The van der Waals surface area contributed by atoms with Crippen molar-refractivity contribution < 1.29 is 8.78 Å². The van der Waals surface area contributed by atoms with Gasteiger partial charge < -0.3 is 0 Å². The number of rotatable bonds is 0. The van der Waals surface area contributed by atoms with E-state index in [2.05, 4.69) is 11.8 Å². The van der Waals surface area contributed by atoms with Gasteiger partial charge in [0.1, 0.15) is 11.6 Å². The molecule has 17 heavy (non-hydrogen) atoms. The summed E-state index contributed by atoms with van der Waals surface area (Å²) in [6, 6.07) is 10.9. The summed E-state index contributed by atoms with van der Waals surface area (Å²) in [5.74, 6) is 4.37. The zero-order valence-electron chi connectivity index (χ0n) is 9.30. The van der Waals surface area contributed by atoms with Gasteiger partial charge in [0.05, 0.1) is 0 Å². The third-order valence-corrected chi connectivity index (χ3v) is 2.27. The topological polar surface area (TPSA) is 0 Å². The molecule has 2 heteroatoms. The Labute approximate surface area is 98.9 Å². The van der Waals surface area contributed by atoms with Crippen LogP contribution in [-0.2, 0) is 0 Å². The highest BCUT2D eigenvalue weighted by Crippen LogP contribution is 2.07. The summed E-state index contributed by atoms with van der Waals surface area (Å²) >= 11 is 0. The SMILES string of the molecule is Cc1ccc(C#Cc2cc(F)cc(F)c2)cc1. The number of benzene rings is 2. The number of hydrogen-bond donors (Lipinski definition) is 0. The van der Waals surface area contributed by atoms with Gasteiger partial charge in [-0.1, -0.05) is 29.5 Å². The second kappa shape index (κ2) is 4.80. The Morgan fingerprint density at radius 2 is 1.29 bits per heavy atom. The molecule has 0 fully saturated rings. The molecule has 0 aliphatic heterocycles. The van der Waals surface area contributed by atoms with Crippen molar-refractivity contribution in [3.05, 3.63) is 70.8 Å². The molecule has 84 valence electrons. The molecule has 0 radical (unpaired) electrons. The van der Waals surface area contributed by atoms with Crippen LogP contribution in [0.2, 0.25) is 0 Å². The smallest absolute Gasteiger partial charge is 0.127 e. The van der Waals surface area contributed by atoms with E-state index < -0.39 is 11.6 Å². The molecular formula is C15H10F2. The summed E-state index contributed by atoms with van der Waals surface area (Å²) in [6.45, 7) is 1.99. The van der Waals surface area contributed by atoms with Crippen LogP contribution in [0.3, 0.4) is 0 Å². The highest BCUT2D eigenvalue weighted by atomic mass is 19.1. The standard InChI is InChI=1S/C15H10F2/c1-11-2-4-12(5-3-11)6-7-13-8-14(16)10-15(17)9-13/h2-5,8-10H,1H3. The van der Waals surface area contributed by atoms with Gasteiger partial charge in [0.25, 0.3) is 0 Å². The van der Waals surface area contributed by atoms with E-state index in [1.807, 2.05) is 31.2 Å². The minimum absolute atomic E-state index is 0.336. The van der Waals surface area contributed by atoms with Gasteiger partial charge in [-0.3, -0.25) is 0 Å². The monoisotopic (exact) mass is 228 g/mol. The fourth-order valence-corrected chi connectivity index (χ4v) is 1.41. The molecule has 0 aliphatic rings. The minimum atomic E-state index is -0.613. The van der Waals surface area contributed by atoms with Crippen molar-refractivity contribution in [3.8, 4) is 11.8 Å². The molecule has 0 bridgehead atoms. The van der Waals surface area contributed by atoms with Crippen LogP contribution in [0.25, 0.3) is 0 Å². The fraction of sp³-hybridized carbons (Fsp3) is 0.0667. The van der Waals surface area contributed by atoms with E-state index in [0.717, 1.165) is 17.2 Å². The largest absolute Gasteiger partial charge is 0.207 e. The average molecular weight is 228 g/mol. The first kappa shape index (κ1) is 11.3. The van der Waals surface area contributed by atoms with Crippen molar-refractivity contribution in [1.82, 2.24) is 0 Å². The molecule has 0 amide bonds. The van der Waals surface area contributed by atoms with Crippen LogP contribution in [0.15, 0.2) is 42.5 Å². The van der Waals surface area contributed by atoms with E-state index >= 15 is 0 Å². The van der Waals surface area contributed by atoms with Crippen molar-refractivity contribution in [2.75, 3.05) is 0 Å². The first-order chi connectivity index (χ1) is 8.13. The summed E-state index contributed by atoms with van der Waals surface area (Å²) < 4.78 is 25.8. The van der Waals surface area contributed by atoms with Gasteiger partial charge in [-0.2, -0.15) is 0 Å². The first-order valence-corrected chi connectivity index (χ1v) is 5.18. The third kappa shape index (κ3) is 3.15. The second-order valence-corrected chi connectivity index (χ2v) is 3.77. The third-order valence-electron chi connectivity index (χ3n) is 2.27. The zero-order chi connectivity index (χ0) is 12.3. The maximum atomic E-state index is 12.9. The first-order valence-electron chi connectivity index (χ1n) is 5.18. The Balaban J connectivity index is 2.29. The fourth-order valence-electron chi connectivity index (χ4n) is 1.41. The summed E-state index contributed by atoms with van der Waals surface area (Å²) in [6.07, 6.45) is 0. The normalized spacial score (nSPS) is 9.59. The van der Waals surface area contributed by atoms with Crippen LogP contribution in [0.5, 0.6) is 0 Å². The van der Waals surface area contributed by atoms with Crippen molar-refractivity contribution >= 4 is 0 Å². The molecule has 0 saturated heterocycles. The van der Waals surface area contributed by atoms with Crippen LogP contribution in [0, 0.1) is 30.4 Å². The lowest BCUT2D eigenvalue weighted by atomic mass is 10.1. The van der Waals surface area contributed by atoms with Crippen molar-refractivity contribution in [1.29, 1.82) is 0 Å². The summed E-state index contributed by atoms with van der Waals surface area (Å²) in [7, 11) is 0. The summed E-state index contributed by atoms with van der Waals surface area (Å²) in [5, 5.41) is 0. The zero-order valence-corrected chi connectivity index (χ0v) is 9.30. The molecule has 0 heterocycles. The molecular weight excluding hydrogens is 218 g/mol. The highest BCUT2D eigenvalue weighted by molar-refractivity contribution is 5.43. The molecule has 0 aromatic heterocycles. The molecule has 0 aliphatic carbocycles. The van der Waals surface area contributed by atoms with E-state index in [-0.39, 0.29) is 0 Å². The lowest BCUT2D eigenvalue weighted by Crippen LogP contribution is -1.83. The average Bonchev–Trinajstić information content (AvgIpc) is 2.27. The van der Waals surface area contributed by atoms with Crippen LogP contribution in [0.4, 0.5) is 8.78 Å². The highest BCUT2D eigenvalue weighted by Gasteiger charge is 1.97. The van der Waals surface area contributed by atoms with Crippen molar-refractivity contribution in [2.45, 2.75) is 6.92 Å². The van der Waals surface area contributed by atoms with Gasteiger partial charge in [0.2, 0.25) is 0 Å². The molecule has 0 saturated carbocycles. The maximum absolute atomic E-state index is 12.9. The molecule has 2 aromatic rings. The van der Waals surface area contributed by atoms with E-state index in [0.29, 0.717) is 5.56 Å². The molecule has 0 nitrogen and oxygen atoms in total. The Bertz CT molecular complexity index is 566. The van der Waals surface area contributed by atoms with Crippen LogP contribution in [0.1, 0.15) is 16.7 Å². The lowest BCUT2D eigenvalue weighted by Gasteiger charge is -1.93. The Hall–Kier alpha value is -2.14. The predicted molar refractivity (Wildman–Crippen MR) is 63.5 cm³/mol. The lowest BCUT2D eigenvalue weighted by molar-refractivity contribution is 0.582. The minimum Gasteiger partial charge on any atom is -0.207 e. The van der Waals surface area contributed by atoms with Crippen molar-refractivity contribution in [2.24, 2.45) is 0 Å². The molecule has 0 spiro atoms. The maximum Gasteiger partial charge on any atom is 0.127 e. The predicted octanol–water partition coefficient (Wildman–Crippen LogP) is 3.67. The quantitative estimate of drug-likeness (QED) is 0.603. The molecule has 0 atom stereocenters. The van der Waals surface area contributed by atoms with E-state index in [1.54, 1.807) is 0 Å². The van der Waals surface area contributed by atoms with E-state index in [1.165, 1.54) is 12.1 Å². The van der Waals surface area contributed by atoms with Gasteiger partial charge in [-0.25, -0.2) is 8.78 Å². The van der Waals surface area contributed by atoms with Gasteiger partial charge in [-0.15, -0.1) is 0 Å². The summed E-state index contributed by atoms with van der Waals surface area (Å²) in [4.78, 5) is 0. The van der Waals surface area contributed by atoms with Gasteiger partial charge >= 0.3 is 0 Å². The van der Waals surface area contributed by atoms with Gasteiger partial charge in [0, 0.05) is 17.2 Å². The van der Waals surface area contributed by atoms with Gasteiger partial charge in [0.15, 0.2) is 0 Å². The number of aryl methyl sites for hydroxylation is 1. The van der Waals surface area contributed by atoms with Crippen LogP contribution < -0.4 is 0 Å². The van der Waals surface area contributed by atoms with E-state index in [4.69, 9.17) is 0 Å². The van der Waals surface area contributed by atoms with Gasteiger partial charge in [-0.05, 0) is 31.2 Å². The van der Waals surface area contributed by atoms with Crippen LogP contribution >= 0.6 is 0 Å². The number of hydrogen-bond acceptors (Lipinski definition) is 0. The molecule has 2 aromatic carbocycles. The van der Waals surface area contributed by atoms with Crippen molar-refractivity contribution in [3.63, 3.8) is 0 Å².